The molecule has 1 fully saturated rings. The van der Waals surface area contributed by atoms with E-state index in [1.165, 1.54) is 25.1 Å². The number of nitrogens with two attached hydrogens (primary N) is 1. The van der Waals surface area contributed by atoms with Crippen LogP contribution in [0.2, 0.25) is 0 Å². The second-order valence-corrected chi connectivity index (χ2v) is 17.6. The molecule has 1 saturated heterocycles. The van der Waals surface area contributed by atoms with Crippen LogP contribution in [-0.2, 0) is 60.4 Å². The van der Waals surface area contributed by atoms with Gasteiger partial charge in [-0.05, 0) is 23.6 Å². The van der Waals surface area contributed by atoms with Crippen molar-refractivity contribution in [2.24, 2.45) is 17.6 Å². The molecular formula is C39H54N10O14S. The molecule has 64 heavy (non-hydrogen) atoms. The molecule has 14 N–H and O–H groups in total. The van der Waals surface area contributed by atoms with E-state index in [1.807, 2.05) is 0 Å². The molecule has 4 heterocycles. The number of primary amides is 1. The number of benzene rings is 1. The number of carbonyl (C=O) groups is 9. The van der Waals surface area contributed by atoms with Crippen molar-refractivity contribution in [2.75, 3.05) is 32.0 Å². The summed E-state index contributed by atoms with van der Waals surface area (Å²) in [7, 11) is -2.38. The summed E-state index contributed by atoms with van der Waals surface area (Å²) in [5.41, 5.74) is 5.73. The largest absolute Gasteiger partial charge is 0.508 e. The zero-order valence-corrected chi connectivity index (χ0v) is 36.0. The molecule has 11 atom stereocenters. The van der Waals surface area contributed by atoms with Gasteiger partial charge < -0.3 is 73.3 Å². The van der Waals surface area contributed by atoms with Crippen molar-refractivity contribution in [2.45, 2.75) is 99.9 Å². The highest BCUT2D eigenvalue weighted by molar-refractivity contribution is 7.85. The number of aromatic hydroxyl groups is 1. The second-order valence-electron chi connectivity index (χ2n) is 16.1. The van der Waals surface area contributed by atoms with Gasteiger partial charge in [-0.3, -0.25) is 47.4 Å². The van der Waals surface area contributed by atoms with Gasteiger partial charge in [-0.1, -0.05) is 27.2 Å². The van der Waals surface area contributed by atoms with Crippen LogP contribution in [0.1, 0.15) is 45.6 Å². The Morgan fingerprint density at radius 3 is 2.20 bits per heavy atom. The van der Waals surface area contributed by atoms with Crippen LogP contribution >= 0.6 is 0 Å². The van der Waals surface area contributed by atoms with Gasteiger partial charge >= 0.3 is 0 Å². The van der Waals surface area contributed by atoms with Crippen LogP contribution in [-0.4, -0.2) is 168 Å². The van der Waals surface area contributed by atoms with E-state index in [1.54, 1.807) is 13.8 Å². The van der Waals surface area contributed by atoms with E-state index in [0.717, 1.165) is 4.90 Å². The maximum atomic E-state index is 14.6. The van der Waals surface area contributed by atoms with E-state index < -0.39 is 176 Å². The van der Waals surface area contributed by atoms with E-state index in [9.17, 15) is 67.8 Å². The summed E-state index contributed by atoms with van der Waals surface area (Å²) in [5, 5.41) is 58.8. The molecule has 0 radical (unpaired) electrons. The monoisotopic (exact) mass is 918 g/mol. The fraction of sp³-hybridized carbons (Fsp3) is 0.564. The normalized spacial score (nSPS) is 28.5. The predicted molar refractivity (Wildman–Crippen MR) is 222 cm³/mol. The number of aliphatic hydroxyl groups excluding tert-OH is 3. The minimum absolute atomic E-state index is 0.0800. The van der Waals surface area contributed by atoms with Crippen molar-refractivity contribution in [1.29, 1.82) is 0 Å². The molecular weight excluding hydrogens is 865 g/mol. The summed E-state index contributed by atoms with van der Waals surface area (Å²) in [6.07, 6.45) is -4.42. The molecule has 2 unspecified atom stereocenters. The molecule has 1 aromatic carbocycles. The first kappa shape index (κ1) is 48.8. The van der Waals surface area contributed by atoms with Crippen LogP contribution in [0.5, 0.6) is 5.75 Å². The number of nitrogens with one attached hydrogen (secondary N) is 8. The Bertz CT molecular complexity index is 2200. The Hall–Kier alpha value is -6.18. The minimum atomic E-state index is -2.38. The van der Waals surface area contributed by atoms with Crippen LogP contribution in [0.25, 0.3) is 10.9 Å². The molecule has 350 valence electrons. The highest BCUT2D eigenvalue weighted by atomic mass is 32.2. The number of carbonyl (C=O) groups excluding carboxylic acids is 9. The molecule has 0 aliphatic carbocycles. The number of nitrogens with zero attached hydrogens (tertiary/aromatic N) is 1. The van der Waals surface area contributed by atoms with Crippen molar-refractivity contribution in [1.82, 2.24) is 47.1 Å². The van der Waals surface area contributed by atoms with Crippen LogP contribution in [0, 0.1) is 11.8 Å². The lowest BCUT2D eigenvalue weighted by Crippen LogP contribution is -2.62. The molecule has 25 heteroatoms. The maximum Gasteiger partial charge on any atom is 0.246 e. The standard InChI is InChI=1S/C39H54N10O14S/c1-4-16(2)31-36(60)42-11-29(55)43-25-15-64(63)38-21(20-6-5-18(51)7-22(20)46-38)9-23(33(57)41-12-30(56)47-31)44-37(61)32(17(3)27(53)14-50)48-35(59)26-8-19(52)13-49(26)39(62)24(10-28(40)54)45-34(25)58/h5-7,16-17,19,23-27,31-32,46,50-53H,4,8-15H2,1-3H3,(H2,40,54)(H,41,57)(H,42,60)(H,43,55)(H,44,61)(H,45,58)(H,47,56)(H,48,59)/t16-,17-,19+,23-,24-,25-,26-,27?,31-,32-,64?/m0/s1. The summed E-state index contributed by atoms with van der Waals surface area (Å²) in [5.74, 6) is -12.1. The molecule has 0 saturated carbocycles. The Morgan fingerprint density at radius 2 is 1.55 bits per heavy atom. The number of aromatic nitrogens is 1. The van der Waals surface area contributed by atoms with Crippen LogP contribution in [0.15, 0.2) is 23.2 Å². The summed E-state index contributed by atoms with van der Waals surface area (Å²) in [6.45, 7) is 1.76. The Morgan fingerprint density at radius 1 is 0.875 bits per heavy atom. The lowest BCUT2D eigenvalue weighted by molar-refractivity contribution is -0.144. The van der Waals surface area contributed by atoms with Crippen molar-refractivity contribution in [3.8, 4) is 5.75 Å². The third-order valence-electron chi connectivity index (χ3n) is 11.5. The lowest BCUT2D eigenvalue weighted by atomic mass is 9.93. The fourth-order valence-electron chi connectivity index (χ4n) is 7.70. The molecule has 2 bridgehead atoms. The minimum Gasteiger partial charge on any atom is -0.508 e. The van der Waals surface area contributed by atoms with Crippen molar-refractivity contribution >= 4 is 74.9 Å². The maximum absolute atomic E-state index is 14.6. The average Bonchev–Trinajstić information content (AvgIpc) is 3.82. The molecule has 3 aliphatic rings. The van der Waals surface area contributed by atoms with Crippen molar-refractivity contribution < 1.29 is 67.8 Å². The van der Waals surface area contributed by atoms with Crippen LogP contribution in [0.3, 0.4) is 0 Å². The summed E-state index contributed by atoms with van der Waals surface area (Å²) in [6, 6.07) is -5.99. The first-order chi connectivity index (χ1) is 30.2. The SMILES string of the molecule is CC[C@H](C)[C@@H]1NC(=O)CNC(=O)[C@@H]2Cc3c([nH]c4cc(O)ccc34)S(=O)C[C@H](NC(=O)CNC1=O)C(=O)N[C@@H](CC(N)=O)C(=O)N1C[C@H](O)C[C@H]1C(=O)N[C@@H]([C@@H](C)C(O)CO)C(=O)N2. The molecule has 1 aromatic heterocycles. The van der Waals surface area contributed by atoms with Gasteiger partial charge in [0.25, 0.3) is 0 Å². The van der Waals surface area contributed by atoms with Gasteiger partial charge in [-0.15, -0.1) is 0 Å². The van der Waals surface area contributed by atoms with E-state index in [2.05, 4.69) is 42.2 Å². The van der Waals surface area contributed by atoms with Gasteiger partial charge in [0, 0.05) is 36.8 Å². The quantitative estimate of drug-likeness (QED) is 0.123. The third kappa shape index (κ3) is 11.5. The number of phenolic OH excluding ortho intramolecular Hbond substituents is 1. The molecule has 9 amide bonds. The van der Waals surface area contributed by atoms with E-state index >= 15 is 0 Å². The molecule has 3 aliphatic heterocycles. The number of aromatic amines is 1. The molecule has 24 nitrogen and oxygen atoms in total. The van der Waals surface area contributed by atoms with E-state index in [-0.39, 0.29) is 27.2 Å². The molecule has 2 aromatic rings. The summed E-state index contributed by atoms with van der Waals surface area (Å²) < 4.78 is 14.6. The second kappa shape index (κ2) is 21.0. The summed E-state index contributed by atoms with van der Waals surface area (Å²) >= 11 is 0. The fourth-order valence-corrected chi connectivity index (χ4v) is 9.10. The first-order valence-electron chi connectivity index (χ1n) is 20.6. The number of H-pyrrole nitrogens is 1. The van der Waals surface area contributed by atoms with Gasteiger partial charge in [0.15, 0.2) is 0 Å². The number of phenols is 1. The van der Waals surface area contributed by atoms with Gasteiger partial charge in [0.2, 0.25) is 53.2 Å². The van der Waals surface area contributed by atoms with Crippen molar-refractivity contribution in [3.05, 3.63) is 23.8 Å². The highest BCUT2D eigenvalue weighted by Crippen LogP contribution is 2.30. The number of rotatable bonds is 7. The molecule has 0 spiro atoms. The summed E-state index contributed by atoms with van der Waals surface area (Å²) in [4.78, 5) is 127. The van der Waals surface area contributed by atoms with Gasteiger partial charge in [-0.2, -0.15) is 0 Å². The Balaban J connectivity index is 1.73. The van der Waals surface area contributed by atoms with E-state index in [4.69, 9.17) is 5.73 Å². The first-order valence-corrected chi connectivity index (χ1v) is 21.9. The third-order valence-corrected chi connectivity index (χ3v) is 13.0. The smallest absolute Gasteiger partial charge is 0.246 e. The van der Waals surface area contributed by atoms with Crippen LogP contribution in [0.4, 0.5) is 0 Å². The topological polar surface area (TPSA) is 381 Å². The van der Waals surface area contributed by atoms with Crippen molar-refractivity contribution in [3.63, 3.8) is 0 Å². The zero-order chi connectivity index (χ0) is 47.2. The number of hydrogen-bond donors (Lipinski definition) is 13. The van der Waals surface area contributed by atoms with Gasteiger partial charge in [0.1, 0.15) is 47.0 Å². The number of hydrogen-bond acceptors (Lipinski definition) is 14. The Labute approximate surface area is 368 Å². The average molecular weight is 919 g/mol. The zero-order valence-electron chi connectivity index (χ0n) is 35.2. The number of fused-ring (bicyclic) bond motifs is 5. The molecule has 5 rings (SSSR count). The predicted octanol–water partition coefficient (Wildman–Crippen LogP) is -5.92. The van der Waals surface area contributed by atoms with Gasteiger partial charge in [-0.25, -0.2) is 0 Å². The lowest BCUT2D eigenvalue weighted by Gasteiger charge is -2.32. The van der Waals surface area contributed by atoms with Gasteiger partial charge in [0.05, 0.1) is 60.4 Å². The number of amides is 9. The van der Waals surface area contributed by atoms with Crippen LogP contribution < -0.4 is 43.0 Å². The Kier molecular flexibility index (Phi) is 16.0. The van der Waals surface area contributed by atoms with E-state index in [0.29, 0.717) is 6.42 Å². The highest BCUT2D eigenvalue weighted by Gasteiger charge is 2.45. The number of aliphatic hydroxyl groups is 3.